The highest BCUT2D eigenvalue weighted by Gasteiger charge is 2.22. The number of anilines is 2. The molecule has 0 bridgehead atoms. The molecule has 5 nitrogen and oxygen atoms in total. The maximum absolute atomic E-state index is 12.1. The fourth-order valence-electron chi connectivity index (χ4n) is 2.33. The average molecular weight is 305 g/mol. The Balaban J connectivity index is 1.79. The zero-order valence-electron chi connectivity index (χ0n) is 11.1. The van der Waals surface area contributed by atoms with Crippen molar-refractivity contribution < 1.29 is 14.0 Å². The molecule has 1 fully saturated rings. The van der Waals surface area contributed by atoms with Gasteiger partial charge >= 0.3 is 0 Å². The van der Waals surface area contributed by atoms with Crippen LogP contribution in [0.5, 0.6) is 0 Å². The minimum atomic E-state index is -0.348. The lowest BCUT2D eigenvalue weighted by atomic mass is 10.2. The molecule has 1 aliphatic rings. The first kappa shape index (κ1) is 13.7. The van der Waals surface area contributed by atoms with Gasteiger partial charge in [-0.1, -0.05) is 6.07 Å². The van der Waals surface area contributed by atoms with Crippen molar-refractivity contribution in [1.29, 1.82) is 0 Å². The summed E-state index contributed by atoms with van der Waals surface area (Å²) in [5.41, 5.74) is 1.67. The van der Waals surface area contributed by atoms with Crippen molar-refractivity contribution in [3.63, 3.8) is 0 Å². The normalized spacial score (nSPS) is 14.5. The number of furan rings is 1. The second kappa shape index (κ2) is 5.61. The summed E-state index contributed by atoms with van der Waals surface area (Å²) in [6, 6.07) is 8.69. The van der Waals surface area contributed by atoms with Gasteiger partial charge in [0.15, 0.2) is 0 Å². The molecule has 2 amide bonds. The molecule has 6 heteroatoms. The van der Waals surface area contributed by atoms with Crippen molar-refractivity contribution in [1.82, 2.24) is 0 Å². The SMILES string of the molecule is O=C(Nc1cccc(N2CCCC2=O)c1)c1ccoc1Cl. The van der Waals surface area contributed by atoms with Crippen LogP contribution in [0.15, 0.2) is 41.0 Å². The number of amides is 2. The maximum atomic E-state index is 12.1. The summed E-state index contributed by atoms with van der Waals surface area (Å²) < 4.78 is 4.89. The van der Waals surface area contributed by atoms with E-state index in [0.717, 1.165) is 12.1 Å². The van der Waals surface area contributed by atoms with Crippen molar-refractivity contribution in [3.05, 3.63) is 47.4 Å². The van der Waals surface area contributed by atoms with Gasteiger partial charge in [0, 0.05) is 24.3 Å². The molecule has 0 spiro atoms. The van der Waals surface area contributed by atoms with E-state index < -0.39 is 0 Å². The molecule has 3 rings (SSSR count). The highest BCUT2D eigenvalue weighted by atomic mass is 35.5. The molecule has 2 heterocycles. The lowest BCUT2D eigenvalue weighted by Crippen LogP contribution is -2.23. The smallest absolute Gasteiger partial charge is 0.260 e. The molecule has 0 unspecified atom stereocenters. The van der Waals surface area contributed by atoms with Crippen LogP contribution in [0.25, 0.3) is 0 Å². The predicted molar refractivity (Wildman–Crippen MR) is 79.7 cm³/mol. The first-order valence-electron chi connectivity index (χ1n) is 6.60. The van der Waals surface area contributed by atoms with Crippen molar-refractivity contribution in [2.24, 2.45) is 0 Å². The quantitative estimate of drug-likeness (QED) is 0.946. The van der Waals surface area contributed by atoms with Crippen LogP contribution in [0.2, 0.25) is 5.22 Å². The topological polar surface area (TPSA) is 62.6 Å². The van der Waals surface area contributed by atoms with Gasteiger partial charge in [-0.15, -0.1) is 0 Å². The van der Waals surface area contributed by atoms with E-state index in [-0.39, 0.29) is 22.6 Å². The Labute approximate surface area is 126 Å². The fraction of sp³-hybridized carbons (Fsp3) is 0.200. The lowest BCUT2D eigenvalue weighted by Gasteiger charge is -2.16. The number of nitrogens with one attached hydrogen (secondary N) is 1. The number of carbonyl (C=O) groups is 2. The van der Waals surface area contributed by atoms with E-state index in [0.29, 0.717) is 18.7 Å². The van der Waals surface area contributed by atoms with E-state index >= 15 is 0 Å². The second-order valence-electron chi connectivity index (χ2n) is 4.76. The molecule has 1 aromatic heterocycles. The average Bonchev–Trinajstić information content (AvgIpc) is 3.07. The molecule has 0 aliphatic carbocycles. The number of halogens is 1. The summed E-state index contributed by atoms with van der Waals surface area (Å²) in [5.74, 6) is -0.241. The van der Waals surface area contributed by atoms with Crippen molar-refractivity contribution in [3.8, 4) is 0 Å². The number of benzene rings is 1. The van der Waals surface area contributed by atoms with Gasteiger partial charge in [-0.05, 0) is 42.3 Å². The fourth-order valence-corrected chi connectivity index (χ4v) is 2.53. The van der Waals surface area contributed by atoms with Gasteiger partial charge in [0.05, 0.1) is 11.8 Å². The third kappa shape index (κ3) is 2.78. The summed E-state index contributed by atoms with van der Waals surface area (Å²) in [6.07, 6.45) is 2.79. The molecule has 1 N–H and O–H groups in total. The predicted octanol–water partition coefficient (Wildman–Crippen LogP) is 3.31. The van der Waals surface area contributed by atoms with Gasteiger partial charge in [-0.2, -0.15) is 0 Å². The van der Waals surface area contributed by atoms with Crippen LogP contribution in [0.4, 0.5) is 11.4 Å². The molecule has 0 radical (unpaired) electrons. The third-order valence-corrected chi connectivity index (χ3v) is 3.64. The molecule has 21 heavy (non-hydrogen) atoms. The molecule has 1 aliphatic heterocycles. The standard InChI is InChI=1S/C15H13ClN2O3/c16-14-12(6-8-21-14)15(20)17-10-3-1-4-11(9-10)18-7-2-5-13(18)19/h1,3-4,6,8-9H,2,5,7H2,(H,17,20). The summed E-state index contributed by atoms with van der Waals surface area (Å²) in [4.78, 5) is 25.5. The molecular weight excluding hydrogens is 292 g/mol. The molecule has 108 valence electrons. The van der Waals surface area contributed by atoms with Crippen molar-refractivity contribution in [2.45, 2.75) is 12.8 Å². The van der Waals surface area contributed by atoms with Crippen LogP contribution in [-0.4, -0.2) is 18.4 Å². The summed E-state index contributed by atoms with van der Waals surface area (Å²) in [7, 11) is 0. The van der Waals surface area contributed by atoms with Gasteiger partial charge < -0.3 is 14.6 Å². The number of nitrogens with zero attached hydrogens (tertiary/aromatic N) is 1. The zero-order valence-corrected chi connectivity index (χ0v) is 11.9. The van der Waals surface area contributed by atoms with E-state index in [9.17, 15) is 9.59 Å². The number of carbonyl (C=O) groups excluding carboxylic acids is 2. The Bertz CT molecular complexity index is 696. The molecule has 1 aromatic carbocycles. The van der Waals surface area contributed by atoms with Gasteiger partial charge in [-0.3, -0.25) is 9.59 Å². The number of hydrogen-bond donors (Lipinski definition) is 1. The number of hydrogen-bond acceptors (Lipinski definition) is 3. The Hall–Kier alpha value is -2.27. The first-order chi connectivity index (χ1) is 10.1. The Morgan fingerprint density at radius 1 is 1.33 bits per heavy atom. The number of rotatable bonds is 3. The van der Waals surface area contributed by atoms with E-state index in [1.54, 1.807) is 23.1 Å². The van der Waals surface area contributed by atoms with Gasteiger partial charge in [-0.25, -0.2) is 0 Å². The first-order valence-corrected chi connectivity index (χ1v) is 6.98. The van der Waals surface area contributed by atoms with E-state index in [1.807, 2.05) is 6.07 Å². The van der Waals surface area contributed by atoms with Crippen LogP contribution in [0, 0.1) is 0 Å². The third-order valence-electron chi connectivity index (χ3n) is 3.35. The summed E-state index contributed by atoms with van der Waals surface area (Å²) in [5, 5.41) is 2.80. The largest absolute Gasteiger partial charge is 0.452 e. The van der Waals surface area contributed by atoms with E-state index in [4.69, 9.17) is 16.0 Å². The molecule has 1 saturated heterocycles. The van der Waals surface area contributed by atoms with E-state index in [2.05, 4.69) is 5.32 Å². The minimum Gasteiger partial charge on any atom is -0.452 e. The van der Waals surface area contributed by atoms with Crippen LogP contribution in [0.1, 0.15) is 23.2 Å². The molecule has 2 aromatic rings. The highest BCUT2D eigenvalue weighted by Crippen LogP contribution is 2.25. The Kier molecular flexibility index (Phi) is 3.66. The summed E-state index contributed by atoms with van der Waals surface area (Å²) >= 11 is 5.77. The minimum absolute atomic E-state index is 0.0541. The van der Waals surface area contributed by atoms with Crippen molar-refractivity contribution in [2.75, 3.05) is 16.8 Å². The monoisotopic (exact) mass is 304 g/mol. The van der Waals surface area contributed by atoms with Crippen LogP contribution < -0.4 is 10.2 Å². The second-order valence-corrected chi connectivity index (χ2v) is 5.10. The van der Waals surface area contributed by atoms with Crippen LogP contribution >= 0.6 is 11.6 Å². The molecule has 0 saturated carbocycles. The van der Waals surface area contributed by atoms with Gasteiger partial charge in [0.25, 0.3) is 5.91 Å². The van der Waals surface area contributed by atoms with Crippen LogP contribution in [0.3, 0.4) is 0 Å². The van der Waals surface area contributed by atoms with Crippen molar-refractivity contribution >= 4 is 34.8 Å². The zero-order chi connectivity index (χ0) is 14.8. The maximum Gasteiger partial charge on any atom is 0.260 e. The summed E-state index contributed by atoms with van der Waals surface area (Å²) in [6.45, 7) is 0.712. The molecular formula is C15H13ClN2O3. The molecule has 0 atom stereocenters. The Morgan fingerprint density at radius 3 is 2.86 bits per heavy atom. The van der Waals surface area contributed by atoms with Crippen LogP contribution in [-0.2, 0) is 4.79 Å². The Morgan fingerprint density at radius 2 is 2.19 bits per heavy atom. The highest BCUT2D eigenvalue weighted by molar-refractivity contribution is 6.32. The lowest BCUT2D eigenvalue weighted by molar-refractivity contribution is -0.117. The van der Waals surface area contributed by atoms with Gasteiger partial charge in [0.2, 0.25) is 11.1 Å². The van der Waals surface area contributed by atoms with Gasteiger partial charge in [0.1, 0.15) is 0 Å². The van der Waals surface area contributed by atoms with E-state index in [1.165, 1.54) is 12.3 Å².